The van der Waals surface area contributed by atoms with Crippen LogP contribution >= 0.6 is 12.2 Å². The molecule has 72 valence electrons. The lowest BCUT2D eigenvalue weighted by atomic mass is 9.78. The highest BCUT2D eigenvalue weighted by Crippen LogP contribution is 2.31. The molecule has 0 bridgehead atoms. The van der Waals surface area contributed by atoms with Crippen LogP contribution in [0.15, 0.2) is 12.2 Å². The number of hydrogen-bond acceptors (Lipinski definition) is 2. The molecule has 1 rings (SSSR count). The number of amides is 1. The highest BCUT2D eigenvalue weighted by Gasteiger charge is 2.32. The van der Waals surface area contributed by atoms with Gasteiger partial charge in [-0.1, -0.05) is 19.1 Å². The Bertz CT molecular complexity index is 262. The summed E-state index contributed by atoms with van der Waals surface area (Å²) in [6, 6.07) is 0. The van der Waals surface area contributed by atoms with Crippen molar-refractivity contribution < 1.29 is 4.79 Å². The van der Waals surface area contributed by atoms with Gasteiger partial charge >= 0.3 is 0 Å². The van der Waals surface area contributed by atoms with Crippen molar-refractivity contribution in [3.63, 3.8) is 0 Å². The Labute approximate surface area is 83.4 Å². The maximum Gasteiger partial charge on any atom is 0.232 e. The van der Waals surface area contributed by atoms with Crippen LogP contribution in [0.3, 0.4) is 0 Å². The second-order valence-corrected chi connectivity index (χ2v) is 4.03. The molecular weight excluding hydrogens is 184 g/mol. The van der Waals surface area contributed by atoms with E-state index < -0.39 is 0 Å². The first-order chi connectivity index (χ1) is 6.04. The van der Waals surface area contributed by atoms with E-state index in [-0.39, 0.29) is 16.4 Å². The molecule has 1 aliphatic rings. The van der Waals surface area contributed by atoms with Gasteiger partial charge in [-0.2, -0.15) is 0 Å². The number of nitrogens with one attached hydrogen (secondary N) is 1. The molecule has 0 aromatic rings. The summed E-state index contributed by atoms with van der Waals surface area (Å²) in [5.41, 5.74) is 4.91. The van der Waals surface area contributed by atoms with Gasteiger partial charge in [0.05, 0.1) is 5.41 Å². The third-order valence-corrected chi connectivity index (χ3v) is 2.48. The van der Waals surface area contributed by atoms with Crippen molar-refractivity contribution in [2.45, 2.75) is 26.2 Å². The van der Waals surface area contributed by atoms with E-state index in [1.165, 1.54) is 0 Å². The molecule has 0 fully saturated rings. The minimum atomic E-state index is -0.335. The highest BCUT2D eigenvalue weighted by molar-refractivity contribution is 7.80. The second kappa shape index (κ2) is 3.87. The van der Waals surface area contributed by atoms with Gasteiger partial charge in [0, 0.05) is 0 Å². The molecule has 0 aromatic carbocycles. The summed E-state index contributed by atoms with van der Waals surface area (Å²) in [5.74, 6) is -0.0654. The molecule has 3 nitrogen and oxygen atoms in total. The minimum Gasteiger partial charge on any atom is -0.376 e. The Hall–Kier alpha value is -0.900. The Balaban J connectivity index is 2.63. The molecule has 4 heteroatoms. The number of thiocarbonyl (C=S) groups is 1. The van der Waals surface area contributed by atoms with E-state index >= 15 is 0 Å². The average molecular weight is 198 g/mol. The fraction of sp³-hybridized carbons (Fsp3) is 0.556. The van der Waals surface area contributed by atoms with E-state index in [1.54, 1.807) is 0 Å². The van der Waals surface area contributed by atoms with Crippen LogP contribution in [-0.2, 0) is 4.79 Å². The average Bonchev–Trinajstić information content (AvgIpc) is 2.04. The molecule has 1 atom stereocenters. The van der Waals surface area contributed by atoms with Crippen molar-refractivity contribution in [1.29, 1.82) is 0 Å². The number of carbonyl (C=O) groups excluding carboxylic acids is 1. The maximum absolute atomic E-state index is 11.6. The lowest BCUT2D eigenvalue weighted by molar-refractivity contribution is -0.129. The standard InChI is InChI=1S/C9H14N2OS/c1-9(5-3-2-4-6-9)7(12)11-8(10)13/h2-3H,4-6H2,1H3,(H3,10,11,12,13). The fourth-order valence-corrected chi connectivity index (χ4v) is 1.53. The summed E-state index contributed by atoms with van der Waals surface area (Å²) in [4.78, 5) is 11.6. The highest BCUT2D eigenvalue weighted by atomic mass is 32.1. The Kier molecular flexibility index (Phi) is 3.03. The number of nitrogens with two attached hydrogens (primary N) is 1. The van der Waals surface area contributed by atoms with Gasteiger partial charge < -0.3 is 11.1 Å². The van der Waals surface area contributed by atoms with Gasteiger partial charge in [-0.25, -0.2) is 0 Å². The quantitative estimate of drug-likeness (QED) is 0.490. The molecule has 0 spiro atoms. The van der Waals surface area contributed by atoms with Crippen LogP contribution in [0.1, 0.15) is 26.2 Å². The molecule has 0 aromatic heterocycles. The second-order valence-electron chi connectivity index (χ2n) is 3.59. The lowest BCUT2D eigenvalue weighted by Crippen LogP contribution is -2.44. The first-order valence-electron chi connectivity index (χ1n) is 4.30. The monoisotopic (exact) mass is 198 g/mol. The molecule has 0 aliphatic heterocycles. The molecule has 1 amide bonds. The predicted octanol–water partition coefficient (Wildman–Crippen LogP) is 1.09. The fourth-order valence-electron chi connectivity index (χ4n) is 1.43. The molecule has 1 unspecified atom stereocenters. The molecule has 13 heavy (non-hydrogen) atoms. The third-order valence-electron chi connectivity index (χ3n) is 2.38. The lowest BCUT2D eigenvalue weighted by Gasteiger charge is -2.28. The predicted molar refractivity (Wildman–Crippen MR) is 56.0 cm³/mol. The van der Waals surface area contributed by atoms with E-state index in [1.807, 2.05) is 13.0 Å². The molecule has 0 saturated heterocycles. The normalized spacial score (nSPS) is 26.8. The zero-order valence-electron chi connectivity index (χ0n) is 7.67. The van der Waals surface area contributed by atoms with Gasteiger partial charge in [-0.05, 0) is 31.5 Å². The smallest absolute Gasteiger partial charge is 0.232 e. The zero-order chi connectivity index (χ0) is 9.90. The maximum atomic E-state index is 11.6. The number of rotatable bonds is 1. The van der Waals surface area contributed by atoms with Gasteiger partial charge in [-0.3, -0.25) is 4.79 Å². The summed E-state index contributed by atoms with van der Waals surface area (Å²) in [6.07, 6.45) is 6.69. The summed E-state index contributed by atoms with van der Waals surface area (Å²) in [6.45, 7) is 1.93. The van der Waals surface area contributed by atoms with Crippen molar-refractivity contribution >= 4 is 23.2 Å². The largest absolute Gasteiger partial charge is 0.376 e. The summed E-state index contributed by atoms with van der Waals surface area (Å²) < 4.78 is 0. The summed E-state index contributed by atoms with van der Waals surface area (Å²) in [5, 5.41) is 2.55. The summed E-state index contributed by atoms with van der Waals surface area (Å²) >= 11 is 4.62. The van der Waals surface area contributed by atoms with Gasteiger partial charge in [0.25, 0.3) is 0 Å². The van der Waals surface area contributed by atoms with Crippen molar-refractivity contribution in [3.05, 3.63) is 12.2 Å². The van der Waals surface area contributed by atoms with Gasteiger partial charge in [0.1, 0.15) is 0 Å². The first-order valence-corrected chi connectivity index (χ1v) is 4.71. The number of carbonyl (C=O) groups is 1. The van der Waals surface area contributed by atoms with Gasteiger partial charge in [-0.15, -0.1) is 0 Å². The van der Waals surface area contributed by atoms with E-state index in [2.05, 4.69) is 23.6 Å². The van der Waals surface area contributed by atoms with Crippen molar-refractivity contribution in [3.8, 4) is 0 Å². The topological polar surface area (TPSA) is 55.1 Å². The van der Waals surface area contributed by atoms with Crippen molar-refractivity contribution in [2.24, 2.45) is 11.1 Å². The van der Waals surface area contributed by atoms with Crippen LogP contribution < -0.4 is 11.1 Å². The van der Waals surface area contributed by atoms with E-state index in [0.717, 1.165) is 19.3 Å². The third kappa shape index (κ3) is 2.52. The van der Waals surface area contributed by atoms with Crippen LogP contribution in [0.4, 0.5) is 0 Å². The minimum absolute atomic E-state index is 0.0563. The van der Waals surface area contributed by atoms with E-state index in [9.17, 15) is 4.79 Å². The Morgan fingerprint density at radius 3 is 2.77 bits per heavy atom. The molecule has 0 heterocycles. The Morgan fingerprint density at radius 1 is 1.62 bits per heavy atom. The summed E-state index contributed by atoms with van der Waals surface area (Å²) in [7, 11) is 0. The van der Waals surface area contributed by atoms with E-state index in [0.29, 0.717) is 0 Å². The van der Waals surface area contributed by atoms with Gasteiger partial charge in [0.2, 0.25) is 5.91 Å². The van der Waals surface area contributed by atoms with Crippen LogP contribution in [0, 0.1) is 5.41 Å². The molecule has 3 N–H and O–H groups in total. The van der Waals surface area contributed by atoms with Crippen LogP contribution in [0.5, 0.6) is 0 Å². The first kappa shape index (κ1) is 10.2. The van der Waals surface area contributed by atoms with Gasteiger partial charge in [0.15, 0.2) is 5.11 Å². The van der Waals surface area contributed by atoms with Crippen molar-refractivity contribution in [1.82, 2.24) is 5.32 Å². The zero-order valence-corrected chi connectivity index (χ0v) is 8.49. The van der Waals surface area contributed by atoms with E-state index in [4.69, 9.17) is 5.73 Å². The molecule has 0 saturated carbocycles. The number of hydrogen-bond donors (Lipinski definition) is 2. The Morgan fingerprint density at radius 2 is 2.31 bits per heavy atom. The molecule has 1 aliphatic carbocycles. The SMILES string of the molecule is CC1(C(=O)NC(N)=S)CC=CCC1. The van der Waals surface area contributed by atoms with Crippen LogP contribution in [-0.4, -0.2) is 11.0 Å². The van der Waals surface area contributed by atoms with Crippen molar-refractivity contribution in [2.75, 3.05) is 0 Å². The molecule has 0 radical (unpaired) electrons. The number of allylic oxidation sites excluding steroid dienone is 2. The van der Waals surface area contributed by atoms with Crippen LogP contribution in [0.25, 0.3) is 0 Å². The molecular formula is C9H14N2OS. The van der Waals surface area contributed by atoms with Crippen LogP contribution in [0.2, 0.25) is 0 Å².